The van der Waals surface area contributed by atoms with Gasteiger partial charge >= 0.3 is 6.03 Å². The summed E-state index contributed by atoms with van der Waals surface area (Å²) in [5.41, 5.74) is -0.864. The van der Waals surface area contributed by atoms with E-state index in [2.05, 4.69) is 10.6 Å². The molecule has 1 saturated heterocycles. The van der Waals surface area contributed by atoms with Gasteiger partial charge in [-0.3, -0.25) is 0 Å². The molecular formula is C10H18N2O3. The summed E-state index contributed by atoms with van der Waals surface area (Å²) in [7, 11) is 0. The van der Waals surface area contributed by atoms with Gasteiger partial charge in [-0.1, -0.05) is 0 Å². The van der Waals surface area contributed by atoms with E-state index in [1.807, 2.05) is 0 Å². The minimum atomic E-state index is -0.864. The molecule has 0 bridgehead atoms. The Labute approximate surface area is 89.2 Å². The van der Waals surface area contributed by atoms with Crippen molar-refractivity contribution in [1.82, 2.24) is 10.6 Å². The average Bonchev–Trinajstić information content (AvgIpc) is 2.57. The summed E-state index contributed by atoms with van der Waals surface area (Å²) in [6.45, 7) is 1.16. The number of urea groups is 1. The Balaban J connectivity index is 1.65. The van der Waals surface area contributed by atoms with Crippen LogP contribution in [0.1, 0.15) is 25.7 Å². The summed E-state index contributed by atoms with van der Waals surface area (Å²) in [6, 6.07) is 0.152. The van der Waals surface area contributed by atoms with E-state index in [-0.39, 0.29) is 12.6 Å². The Bertz CT molecular complexity index is 235. The summed E-state index contributed by atoms with van der Waals surface area (Å²) in [5, 5.41) is 15.4. The minimum absolute atomic E-state index is 0.181. The van der Waals surface area contributed by atoms with Crippen LogP contribution in [0.2, 0.25) is 0 Å². The summed E-state index contributed by atoms with van der Waals surface area (Å²) in [6.07, 6.45) is 3.93. The van der Waals surface area contributed by atoms with Crippen LogP contribution < -0.4 is 10.6 Å². The number of carbonyl (C=O) groups is 1. The van der Waals surface area contributed by atoms with E-state index in [0.29, 0.717) is 25.7 Å². The first-order valence-electron chi connectivity index (χ1n) is 5.52. The SMILES string of the molecule is O=C(NCC1(O)CCOC1)NC1CCC1. The molecule has 1 aliphatic heterocycles. The molecule has 5 nitrogen and oxygen atoms in total. The van der Waals surface area contributed by atoms with E-state index >= 15 is 0 Å². The van der Waals surface area contributed by atoms with Gasteiger partial charge in [0, 0.05) is 19.1 Å². The monoisotopic (exact) mass is 214 g/mol. The standard InChI is InChI=1S/C10H18N2O3/c13-9(12-8-2-1-3-8)11-6-10(14)4-5-15-7-10/h8,14H,1-7H2,(H2,11,12,13). The first kappa shape index (κ1) is 10.7. The number of hydrogen-bond donors (Lipinski definition) is 3. The molecule has 0 aromatic carbocycles. The van der Waals surface area contributed by atoms with E-state index in [1.165, 1.54) is 6.42 Å². The zero-order valence-corrected chi connectivity index (χ0v) is 8.79. The molecule has 1 aliphatic carbocycles. The smallest absolute Gasteiger partial charge is 0.315 e. The first-order valence-corrected chi connectivity index (χ1v) is 5.52. The number of carbonyl (C=O) groups excluding carboxylic acids is 1. The summed E-state index contributed by atoms with van der Waals surface area (Å²) in [5.74, 6) is 0. The van der Waals surface area contributed by atoms with Crippen molar-refractivity contribution in [1.29, 1.82) is 0 Å². The van der Waals surface area contributed by atoms with Gasteiger partial charge in [-0.15, -0.1) is 0 Å². The van der Waals surface area contributed by atoms with Gasteiger partial charge in [-0.05, 0) is 19.3 Å². The second-order valence-electron chi connectivity index (χ2n) is 4.48. The van der Waals surface area contributed by atoms with Gasteiger partial charge in [0.1, 0.15) is 5.60 Å². The topological polar surface area (TPSA) is 70.6 Å². The Morgan fingerprint density at radius 1 is 1.53 bits per heavy atom. The molecule has 1 atom stereocenters. The fourth-order valence-electron chi connectivity index (χ4n) is 1.77. The van der Waals surface area contributed by atoms with Crippen molar-refractivity contribution >= 4 is 6.03 Å². The van der Waals surface area contributed by atoms with Crippen molar-refractivity contribution in [3.05, 3.63) is 0 Å². The van der Waals surface area contributed by atoms with Crippen molar-refractivity contribution in [2.45, 2.75) is 37.3 Å². The van der Waals surface area contributed by atoms with Gasteiger partial charge in [-0.2, -0.15) is 0 Å². The van der Waals surface area contributed by atoms with Crippen molar-refractivity contribution in [3.8, 4) is 0 Å². The highest BCUT2D eigenvalue weighted by Crippen LogP contribution is 2.18. The molecule has 1 saturated carbocycles. The largest absolute Gasteiger partial charge is 0.386 e. The van der Waals surface area contributed by atoms with Crippen molar-refractivity contribution in [2.75, 3.05) is 19.8 Å². The zero-order chi connectivity index (χ0) is 10.7. The normalized spacial score (nSPS) is 31.0. The molecule has 86 valence electrons. The number of amides is 2. The highest BCUT2D eigenvalue weighted by atomic mass is 16.5. The van der Waals surface area contributed by atoms with Crippen LogP contribution in [0.4, 0.5) is 4.79 Å². The van der Waals surface area contributed by atoms with E-state index in [0.717, 1.165) is 12.8 Å². The summed E-state index contributed by atoms with van der Waals surface area (Å²) < 4.78 is 5.08. The fraction of sp³-hybridized carbons (Fsp3) is 0.900. The molecule has 1 heterocycles. The van der Waals surface area contributed by atoms with Crippen LogP contribution in [0.5, 0.6) is 0 Å². The molecule has 2 rings (SSSR count). The number of ether oxygens (including phenoxy) is 1. The molecule has 0 radical (unpaired) electrons. The summed E-state index contributed by atoms with van der Waals surface area (Å²) in [4.78, 5) is 11.4. The minimum Gasteiger partial charge on any atom is -0.386 e. The molecule has 2 aliphatic rings. The quantitative estimate of drug-likeness (QED) is 0.619. The molecule has 0 aromatic rings. The number of aliphatic hydroxyl groups is 1. The van der Waals surface area contributed by atoms with Gasteiger partial charge < -0.3 is 20.5 Å². The Morgan fingerprint density at radius 2 is 2.33 bits per heavy atom. The van der Waals surface area contributed by atoms with Crippen molar-refractivity contribution in [3.63, 3.8) is 0 Å². The molecule has 0 spiro atoms. The first-order chi connectivity index (χ1) is 7.18. The molecule has 1 unspecified atom stereocenters. The predicted molar refractivity (Wildman–Crippen MR) is 54.6 cm³/mol. The molecular weight excluding hydrogens is 196 g/mol. The second-order valence-corrected chi connectivity index (χ2v) is 4.48. The number of nitrogens with one attached hydrogen (secondary N) is 2. The van der Waals surface area contributed by atoms with Crippen LogP contribution in [0.3, 0.4) is 0 Å². The highest BCUT2D eigenvalue weighted by Gasteiger charge is 2.32. The van der Waals surface area contributed by atoms with Crippen LogP contribution >= 0.6 is 0 Å². The fourth-order valence-corrected chi connectivity index (χ4v) is 1.77. The van der Waals surface area contributed by atoms with Gasteiger partial charge in [0.25, 0.3) is 0 Å². The van der Waals surface area contributed by atoms with Gasteiger partial charge in [0.15, 0.2) is 0 Å². The van der Waals surface area contributed by atoms with E-state index in [4.69, 9.17) is 4.74 Å². The lowest BCUT2D eigenvalue weighted by Crippen LogP contribution is -2.50. The lowest BCUT2D eigenvalue weighted by molar-refractivity contribution is 0.0290. The third-order valence-corrected chi connectivity index (χ3v) is 3.10. The third kappa shape index (κ3) is 2.82. The van der Waals surface area contributed by atoms with Crippen LogP contribution in [-0.4, -0.2) is 42.5 Å². The zero-order valence-electron chi connectivity index (χ0n) is 8.79. The van der Waals surface area contributed by atoms with Crippen molar-refractivity contribution < 1.29 is 14.6 Å². The molecule has 2 amide bonds. The van der Waals surface area contributed by atoms with Gasteiger partial charge in [0.05, 0.1) is 13.2 Å². The number of hydrogen-bond acceptors (Lipinski definition) is 3. The Kier molecular flexibility index (Phi) is 3.11. The van der Waals surface area contributed by atoms with E-state index in [9.17, 15) is 9.90 Å². The second kappa shape index (κ2) is 4.37. The molecule has 0 aromatic heterocycles. The predicted octanol–water partition coefficient (Wildman–Crippen LogP) is -0.0105. The van der Waals surface area contributed by atoms with Gasteiger partial charge in [-0.25, -0.2) is 4.79 Å². The Hall–Kier alpha value is -0.810. The molecule has 3 N–H and O–H groups in total. The molecule has 15 heavy (non-hydrogen) atoms. The molecule has 5 heteroatoms. The maximum atomic E-state index is 11.4. The highest BCUT2D eigenvalue weighted by molar-refractivity contribution is 5.74. The van der Waals surface area contributed by atoms with Gasteiger partial charge in [0.2, 0.25) is 0 Å². The lowest BCUT2D eigenvalue weighted by Gasteiger charge is -2.27. The maximum Gasteiger partial charge on any atom is 0.315 e. The maximum absolute atomic E-state index is 11.4. The third-order valence-electron chi connectivity index (χ3n) is 3.10. The Morgan fingerprint density at radius 3 is 2.87 bits per heavy atom. The average molecular weight is 214 g/mol. The summed E-state index contributed by atoms with van der Waals surface area (Å²) >= 11 is 0. The van der Waals surface area contributed by atoms with Crippen LogP contribution in [0.15, 0.2) is 0 Å². The molecule has 2 fully saturated rings. The van der Waals surface area contributed by atoms with Crippen LogP contribution in [-0.2, 0) is 4.74 Å². The van der Waals surface area contributed by atoms with Crippen LogP contribution in [0.25, 0.3) is 0 Å². The van der Waals surface area contributed by atoms with Crippen LogP contribution in [0, 0.1) is 0 Å². The number of rotatable bonds is 3. The van der Waals surface area contributed by atoms with E-state index < -0.39 is 5.60 Å². The van der Waals surface area contributed by atoms with E-state index in [1.54, 1.807) is 0 Å². The van der Waals surface area contributed by atoms with Crippen molar-refractivity contribution in [2.24, 2.45) is 0 Å². The lowest BCUT2D eigenvalue weighted by atomic mass is 9.93.